The molecule has 1 fully saturated rings. The van der Waals surface area contributed by atoms with Gasteiger partial charge in [0, 0.05) is 18.3 Å². The number of ketones is 1. The Morgan fingerprint density at radius 3 is 2.80 bits per heavy atom. The van der Waals surface area contributed by atoms with Crippen LogP contribution in [0.25, 0.3) is 0 Å². The zero-order valence-electron chi connectivity index (χ0n) is 8.96. The summed E-state index contributed by atoms with van der Waals surface area (Å²) in [6, 6.07) is 8.69. The summed E-state index contributed by atoms with van der Waals surface area (Å²) in [7, 11) is 0. The maximum Gasteiger partial charge on any atom is 0.133 e. The van der Waals surface area contributed by atoms with E-state index in [0.717, 1.165) is 19.3 Å². The first kappa shape index (κ1) is 9.14. The van der Waals surface area contributed by atoms with Crippen LogP contribution < -0.4 is 0 Å². The Labute approximate surface area is 90.5 Å². The third-order valence-corrected chi connectivity index (χ3v) is 4.11. The second-order valence-electron chi connectivity index (χ2n) is 5.01. The number of carbonyl (C=O) groups excluding carboxylic acids is 1. The molecule has 1 aromatic rings. The number of fused-ring (bicyclic) bond motifs is 2. The van der Waals surface area contributed by atoms with Gasteiger partial charge in [0.25, 0.3) is 0 Å². The van der Waals surface area contributed by atoms with Gasteiger partial charge in [0.2, 0.25) is 0 Å². The number of benzene rings is 1. The van der Waals surface area contributed by atoms with Crippen LogP contribution in [0.4, 0.5) is 0 Å². The van der Waals surface area contributed by atoms with Crippen LogP contribution in [0.3, 0.4) is 0 Å². The van der Waals surface area contributed by atoms with Crippen molar-refractivity contribution in [2.24, 2.45) is 0 Å². The summed E-state index contributed by atoms with van der Waals surface area (Å²) in [5, 5.41) is 0. The Morgan fingerprint density at radius 1 is 1.07 bits per heavy atom. The summed E-state index contributed by atoms with van der Waals surface area (Å²) in [5.74, 6) is 0.470. The smallest absolute Gasteiger partial charge is 0.133 e. The standard InChI is InChI=1S/C14H16O/c15-12-5-3-8-14(10-12)9-7-11-4-1-2-6-13(11)14/h1-2,4,6H,3,5,7-10H2/t14-/m1/s1. The Bertz CT molecular complexity index is 404. The molecule has 1 saturated carbocycles. The van der Waals surface area contributed by atoms with Crippen LogP contribution in [0.1, 0.15) is 43.2 Å². The second-order valence-corrected chi connectivity index (χ2v) is 5.01. The number of hydrogen-bond donors (Lipinski definition) is 0. The van der Waals surface area contributed by atoms with Crippen molar-refractivity contribution in [1.29, 1.82) is 0 Å². The molecule has 0 unspecified atom stereocenters. The summed E-state index contributed by atoms with van der Waals surface area (Å²) in [6.07, 6.45) is 6.28. The Morgan fingerprint density at radius 2 is 1.93 bits per heavy atom. The summed E-state index contributed by atoms with van der Waals surface area (Å²) in [4.78, 5) is 11.6. The van der Waals surface area contributed by atoms with E-state index >= 15 is 0 Å². The highest BCUT2D eigenvalue weighted by molar-refractivity contribution is 5.81. The van der Waals surface area contributed by atoms with E-state index in [1.165, 1.54) is 30.4 Å². The lowest BCUT2D eigenvalue weighted by molar-refractivity contribution is -0.122. The van der Waals surface area contributed by atoms with E-state index < -0.39 is 0 Å². The molecule has 0 saturated heterocycles. The van der Waals surface area contributed by atoms with Crippen molar-refractivity contribution in [1.82, 2.24) is 0 Å². The van der Waals surface area contributed by atoms with Crippen molar-refractivity contribution >= 4 is 5.78 Å². The molecule has 0 bridgehead atoms. The Hall–Kier alpha value is -1.11. The molecule has 0 N–H and O–H groups in total. The highest BCUT2D eigenvalue weighted by Crippen LogP contribution is 2.47. The monoisotopic (exact) mass is 200 g/mol. The van der Waals surface area contributed by atoms with Gasteiger partial charge in [-0.1, -0.05) is 24.3 Å². The predicted molar refractivity (Wildman–Crippen MR) is 59.9 cm³/mol. The summed E-state index contributed by atoms with van der Waals surface area (Å²) >= 11 is 0. The molecule has 78 valence electrons. The summed E-state index contributed by atoms with van der Waals surface area (Å²) in [6.45, 7) is 0. The van der Waals surface area contributed by atoms with Crippen LogP contribution in [0, 0.1) is 0 Å². The van der Waals surface area contributed by atoms with Crippen LogP contribution >= 0.6 is 0 Å². The van der Waals surface area contributed by atoms with Crippen molar-refractivity contribution < 1.29 is 4.79 Å². The van der Waals surface area contributed by atoms with E-state index in [0.29, 0.717) is 5.78 Å². The molecule has 1 aromatic carbocycles. The number of hydrogen-bond acceptors (Lipinski definition) is 1. The second kappa shape index (κ2) is 3.19. The number of rotatable bonds is 0. The van der Waals surface area contributed by atoms with Crippen LogP contribution in [0.5, 0.6) is 0 Å². The lowest BCUT2D eigenvalue weighted by atomic mass is 9.70. The molecular formula is C14H16O. The average molecular weight is 200 g/mol. The van der Waals surface area contributed by atoms with Crippen molar-refractivity contribution in [2.45, 2.75) is 43.9 Å². The summed E-state index contributed by atoms with van der Waals surface area (Å²) < 4.78 is 0. The largest absolute Gasteiger partial charge is 0.300 e. The molecule has 0 amide bonds. The minimum absolute atomic E-state index is 0.228. The molecule has 0 aliphatic heterocycles. The lowest BCUT2D eigenvalue weighted by Gasteiger charge is -2.33. The molecule has 3 rings (SSSR count). The molecule has 15 heavy (non-hydrogen) atoms. The van der Waals surface area contributed by atoms with E-state index in [2.05, 4.69) is 24.3 Å². The van der Waals surface area contributed by atoms with Gasteiger partial charge in [0.05, 0.1) is 0 Å². The van der Waals surface area contributed by atoms with Gasteiger partial charge >= 0.3 is 0 Å². The van der Waals surface area contributed by atoms with E-state index in [4.69, 9.17) is 0 Å². The van der Waals surface area contributed by atoms with Gasteiger partial charge in [-0.25, -0.2) is 0 Å². The maximum atomic E-state index is 11.6. The first-order valence-electron chi connectivity index (χ1n) is 5.90. The minimum atomic E-state index is 0.228. The van der Waals surface area contributed by atoms with Crippen LogP contribution in [-0.2, 0) is 16.6 Å². The first-order valence-corrected chi connectivity index (χ1v) is 5.90. The molecule has 1 nitrogen and oxygen atoms in total. The summed E-state index contributed by atoms with van der Waals surface area (Å²) in [5.41, 5.74) is 3.18. The van der Waals surface area contributed by atoms with Crippen LogP contribution in [-0.4, -0.2) is 5.78 Å². The van der Waals surface area contributed by atoms with Gasteiger partial charge in [-0.2, -0.15) is 0 Å². The van der Waals surface area contributed by atoms with Crippen LogP contribution in [0.2, 0.25) is 0 Å². The maximum absolute atomic E-state index is 11.6. The molecule has 1 atom stereocenters. The topological polar surface area (TPSA) is 17.1 Å². The van der Waals surface area contributed by atoms with Crippen molar-refractivity contribution in [2.75, 3.05) is 0 Å². The normalized spacial score (nSPS) is 29.5. The highest BCUT2D eigenvalue weighted by atomic mass is 16.1. The molecule has 2 aliphatic rings. The molecule has 1 heteroatoms. The van der Waals surface area contributed by atoms with Crippen molar-refractivity contribution in [3.63, 3.8) is 0 Å². The molecule has 0 aromatic heterocycles. The Kier molecular flexibility index (Phi) is 1.95. The molecule has 0 radical (unpaired) electrons. The van der Waals surface area contributed by atoms with E-state index in [9.17, 15) is 4.79 Å². The highest BCUT2D eigenvalue weighted by Gasteiger charge is 2.41. The Balaban J connectivity index is 2.04. The van der Waals surface area contributed by atoms with Gasteiger partial charge in [0.1, 0.15) is 5.78 Å². The van der Waals surface area contributed by atoms with Crippen molar-refractivity contribution in [3.05, 3.63) is 35.4 Å². The van der Waals surface area contributed by atoms with Crippen LogP contribution in [0.15, 0.2) is 24.3 Å². The van der Waals surface area contributed by atoms with E-state index in [1.807, 2.05) is 0 Å². The fourth-order valence-electron chi connectivity index (χ4n) is 3.39. The fraction of sp³-hybridized carbons (Fsp3) is 0.500. The minimum Gasteiger partial charge on any atom is -0.300 e. The van der Waals surface area contributed by atoms with E-state index in [1.54, 1.807) is 0 Å². The first-order chi connectivity index (χ1) is 7.30. The van der Waals surface area contributed by atoms with Crippen molar-refractivity contribution in [3.8, 4) is 0 Å². The van der Waals surface area contributed by atoms with Gasteiger partial charge in [0.15, 0.2) is 0 Å². The molecule has 1 spiro atoms. The quantitative estimate of drug-likeness (QED) is 0.629. The van der Waals surface area contributed by atoms with Gasteiger partial charge in [-0.05, 0) is 36.8 Å². The zero-order chi connectivity index (χ0) is 10.3. The molecule has 0 heterocycles. The number of aryl methyl sites for hydroxylation is 1. The van der Waals surface area contributed by atoms with Gasteiger partial charge in [-0.3, -0.25) is 4.79 Å². The third-order valence-electron chi connectivity index (χ3n) is 4.11. The average Bonchev–Trinajstić information content (AvgIpc) is 2.59. The zero-order valence-corrected chi connectivity index (χ0v) is 8.96. The SMILES string of the molecule is O=C1CCC[C@@]2(CCc3ccccc32)C1. The molecular weight excluding hydrogens is 184 g/mol. The van der Waals surface area contributed by atoms with Gasteiger partial charge in [-0.15, -0.1) is 0 Å². The van der Waals surface area contributed by atoms with E-state index in [-0.39, 0.29) is 5.41 Å². The lowest BCUT2D eigenvalue weighted by Crippen LogP contribution is -2.30. The third kappa shape index (κ3) is 1.33. The van der Waals surface area contributed by atoms with Gasteiger partial charge < -0.3 is 0 Å². The number of Topliss-reactive ketones (excluding diaryl/α,β-unsaturated/α-hetero) is 1. The fourth-order valence-corrected chi connectivity index (χ4v) is 3.39. The molecule has 2 aliphatic carbocycles. The number of carbonyl (C=O) groups is 1. The predicted octanol–water partition coefficient (Wildman–Crippen LogP) is 3.01.